The van der Waals surface area contributed by atoms with Gasteiger partial charge in [0.25, 0.3) is 0 Å². The van der Waals surface area contributed by atoms with Crippen molar-refractivity contribution in [1.82, 2.24) is 0 Å². The molecule has 1 aromatic heterocycles. The zero-order valence-electron chi connectivity index (χ0n) is 10.3. The first-order chi connectivity index (χ1) is 7.88. The fourth-order valence-corrected chi connectivity index (χ4v) is 2.99. The molecule has 0 bridgehead atoms. The Kier molecular flexibility index (Phi) is 3.46. The summed E-state index contributed by atoms with van der Waals surface area (Å²) >= 11 is 3.45. The molecule has 0 aromatic carbocycles. The van der Waals surface area contributed by atoms with Gasteiger partial charge in [-0.05, 0) is 32.9 Å². The number of Topliss-reactive ketones (excluding diaryl/α,β-unsaturated/α-hetero) is 1. The number of ketones is 1. The molecule has 1 aliphatic carbocycles. The van der Waals surface area contributed by atoms with Crippen molar-refractivity contribution < 1.29 is 13.9 Å². The molecule has 0 spiro atoms. The van der Waals surface area contributed by atoms with Crippen molar-refractivity contribution in [1.29, 1.82) is 0 Å². The molecule has 4 heteroatoms. The first-order valence-electron chi connectivity index (χ1n) is 5.76. The zero-order valence-corrected chi connectivity index (χ0v) is 11.9. The van der Waals surface area contributed by atoms with Crippen LogP contribution < -0.4 is 0 Å². The molecule has 0 saturated heterocycles. The first-order valence-corrected chi connectivity index (χ1v) is 6.68. The minimum Gasteiger partial charge on any atom is -0.469 e. The second kappa shape index (κ2) is 4.58. The Bertz CT molecular complexity index is 391. The molecule has 1 unspecified atom stereocenters. The van der Waals surface area contributed by atoms with Gasteiger partial charge in [-0.1, -0.05) is 15.9 Å². The molecule has 0 amide bonds. The van der Waals surface area contributed by atoms with E-state index in [0.29, 0.717) is 6.42 Å². The smallest absolute Gasteiger partial charge is 0.149 e. The van der Waals surface area contributed by atoms with Gasteiger partial charge in [-0.15, -0.1) is 0 Å². The molecule has 1 fully saturated rings. The van der Waals surface area contributed by atoms with Crippen LogP contribution >= 0.6 is 15.9 Å². The summed E-state index contributed by atoms with van der Waals surface area (Å²) in [6.07, 6.45) is 1.96. The lowest BCUT2D eigenvalue weighted by molar-refractivity contribution is -0.119. The van der Waals surface area contributed by atoms with E-state index in [0.717, 1.165) is 5.76 Å². The van der Waals surface area contributed by atoms with Crippen LogP contribution in [0.25, 0.3) is 0 Å². The monoisotopic (exact) mass is 300 g/mol. The van der Waals surface area contributed by atoms with E-state index in [1.54, 1.807) is 6.26 Å². The number of furan rings is 1. The van der Waals surface area contributed by atoms with E-state index in [9.17, 15) is 4.79 Å². The molecule has 1 aromatic rings. The van der Waals surface area contributed by atoms with Gasteiger partial charge in [-0.3, -0.25) is 4.79 Å². The molecule has 1 heterocycles. The maximum Gasteiger partial charge on any atom is 0.149 e. The van der Waals surface area contributed by atoms with Gasteiger partial charge >= 0.3 is 0 Å². The minimum atomic E-state index is -0.257. The quantitative estimate of drug-likeness (QED) is 0.787. The van der Waals surface area contributed by atoms with E-state index in [4.69, 9.17) is 9.15 Å². The van der Waals surface area contributed by atoms with Crippen LogP contribution in [0.4, 0.5) is 0 Å². The molecule has 1 aliphatic rings. The summed E-state index contributed by atoms with van der Waals surface area (Å²) < 4.78 is 11.4. The molecule has 0 N–H and O–H groups in total. The number of alkyl halides is 1. The molecule has 3 atom stereocenters. The van der Waals surface area contributed by atoms with Crippen molar-refractivity contribution in [3.8, 4) is 0 Å². The van der Waals surface area contributed by atoms with E-state index in [-0.39, 0.29) is 28.2 Å². The normalized spacial score (nSPS) is 29.9. The third-order valence-corrected chi connectivity index (χ3v) is 3.88. The van der Waals surface area contributed by atoms with Crippen molar-refractivity contribution in [3.05, 3.63) is 24.2 Å². The fraction of sp³-hybridized carbons (Fsp3) is 0.615. The van der Waals surface area contributed by atoms with Crippen molar-refractivity contribution in [2.45, 2.75) is 49.6 Å². The van der Waals surface area contributed by atoms with Gasteiger partial charge in [0.1, 0.15) is 11.5 Å². The van der Waals surface area contributed by atoms with Crippen LogP contribution in [0.2, 0.25) is 0 Å². The Labute approximate surface area is 110 Å². The summed E-state index contributed by atoms with van der Waals surface area (Å²) in [5, 5.41) is 0. The summed E-state index contributed by atoms with van der Waals surface area (Å²) in [5.41, 5.74) is -0.257. The van der Waals surface area contributed by atoms with Crippen LogP contribution in [-0.2, 0) is 9.53 Å². The zero-order chi connectivity index (χ0) is 12.6. The van der Waals surface area contributed by atoms with Gasteiger partial charge in [0.2, 0.25) is 0 Å². The molecular weight excluding hydrogens is 284 g/mol. The molecule has 0 radical (unpaired) electrons. The van der Waals surface area contributed by atoms with Crippen molar-refractivity contribution in [2.24, 2.45) is 0 Å². The average Bonchev–Trinajstić information content (AvgIpc) is 2.75. The van der Waals surface area contributed by atoms with Crippen LogP contribution in [0.5, 0.6) is 0 Å². The van der Waals surface area contributed by atoms with Gasteiger partial charge in [0.15, 0.2) is 0 Å². The molecule has 17 heavy (non-hydrogen) atoms. The Morgan fingerprint density at radius 1 is 1.47 bits per heavy atom. The highest BCUT2D eigenvalue weighted by molar-refractivity contribution is 9.10. The lowest BCUT2D eigenvalue weighted by Gasteiger charge is -2.28. The molecular formula is C13H17BrO3. The SMILES string of the molecule is CC(C)(C)O[C@H]1CC(=O)C(Br)[C@H]1c1ccco1. The van der Waals surface area contributed by atoms with Gasteiger partial charge in [-0.25, -0.2) is 0 Å². The number of hydrogen-bond acceptors (Lipinski definition) is 3. The van der Waals surface area contributed by atoms with E-state index >= 15 is 0 Å². The Morgan fingerprint density at radius 3 is 2.71 bits per heavy atom. The minimum absolute atomic E-state index is 0.0308. The van der Waals surface area contributed by atoms with E-state index in [1.165, 1.54) is 0 Å². The lowest BCUT2D eigenvalue weighted by atomic mass is 10.0. The second-order valence-corrected chi connectivity index (χ2v) is 6.37. The second-order valence-electron chi connectivity index (χ2n) is 5.38. The maximum atomic E-state index is 11.8. The van der Waals surface area contributed by atoms with Gasteiger partial charge in [0.05, 0.1) is 28.7 Å². The number of hydrogen-bond donors (Lipinski definition) is 0. The van der Waals surface area contributed by atoms with Crippen LogP contribution in [0.3, 0.4) is 0 Å². The molecule has 2 rings (SSSR count). The first kappa shape index (κ1) is 12.8. The Hall–Kier alpha value is -0.610. The summed E-state index contributed by atoms with van der Waals surface area (Å²) in [7, 11) is 0. The fourth-order valence-electron chi connectivity index (χ4n) is 2.20. The number of rotatable bonds is 2. The topological polar surface area (TPSA) is 39.4 Å². The third-order valence-electron chi connectivity index (χ3n) is 2.80. The molecule has 3 nitrogen and oxygen atoms in total. The van der Waals surface area contributed by atoms with Gasteiger partial charge < -0.3 is 9.15 Å². The van der Waals surface area contributed by atoms with E-state index < -0.39 is 0 Å². The standard InChI is InChI=1S/C13H17BrO3/c1-13(2,3)17-10-7-8(15)12(14)11(10)9-5-4-6-16-9/h4-6,10-12H,7H2,1-3H3/t10-,11-,12?/m0/s1. The maximum absolute atomic E-state index is 11.8. The van der Waals surface area contributed by atoms with Crippen molar-refractivity contribution in [2.75, 3.05) is 0 Å². The largest absolute Gasteiger partial charge is 0.469 e. The highest BCUT2D eigenvalue weighted by Crippen LogP contribution is 2.40. The number of carbonyl (C=O) groups excluding carboxylic acids is 1. The summed E-state index contributed by atoms with van der Waals surface area (Å²) in [4.78, 5) is 11.6. The van der Waals surface area contributed by atoms with Crippen molar-refractivity contribution >= 4 is 21.7 Å². The average molecular weight is 301 g/mol. The summed E-state index contributed by atoms with van der Waals surface area (Å²) in [5.74, 6) is 0.962. The van der Waals surface area contributed by atoms with Crippen LogP contribution in [0, 0.1) is 0 Å². The molecule has 0 aliphatic heterocycles. The third kappa shape index (κ3) is 2.80. The van der Waals surface area contributed by atoms with E-state index in [2.05, 4.69) is 15.9 Å². The van der Waals surface area contributed by atoms with Crippen LogP contribution in [0.1, 0.15) is 38.9 Å². The molecule has 94 valence electrons. The van der Waals surface area contributed by atoms with Gasteiger partial charge in [0, 0.05) is 6.42 Å². The van der Waals surface area contributed by atoms with Crippen LogP contribution in [0.15, 0.2) is 22.8 Å². The highest BCUT2D eigenvalue weighted by Gasteiger charge is 2.45. The predicted molar refractivity (Wildman–Crippen MR) is 68.4 cm³/mol. The van der Waals surface area contributed by atoms with Crippen LogP contribution in [-0.4, -0.2) is 22.3 Å². The number of ether oxygens (including phenoxy) is 1. The Balaban J connectivity index is 2.23. The number of carbonyl (C=O) groups is 1. The Morgan fingerprint density at radius 2 is 2.18 bits per heavy atom. The van der Waals surface area contributed by atoms with Gasteiger partial charge in [-0.2, -0.15) is 0 Å². The van der Waals surface area contributed by atoms with Crippen molar-refractivity contribution in [3.63, 3.8) is 0 Å². The lowest BCUT2D eigenvalue weighted by Crippen LogP contribution is -2.30. The summed E-state index contributed by atoms with van der Waals surface area (Å²) in [6.45, 7) is 5.99. The number of halogens is 1. The molecule has 1 saturated carbocycles. The highest BCUT2D eigenvalue weighted by atomic mass is 79.9. The summed E-state index contributed by atoms with van der Waals surface area (Å²) in [6, 6.07) is 3.74. The van der Waals surface area contributed by atoms with E-state index in [1.807, 2.05) is 32.9 Å². The predicted octanol–water partition coefficient (Wildman–Crippen LogP) is 3.28.